The molecule has 0 heterocycles. The van der Waals surface area contributed by atoms with E-state index in [0.717, 1.165) is 19.4 Å². The van der Waals surface area contributed by atoms with Crippen LogP contribution in [0.25, 0.3) is 0 Å². The van der Waals surface area contributed by atoms with E-state index in [-0.39, 0.29) is 17.8 Å². The number of rotatable bonds is 7. The summed E-state index contributed by atoms with van der Waals surface area (Å²) < 4.78 is 22.2. The highest BCUT2D eigenvalue weighted by Gasteiger charge is 2.30. The number of nitrogens with zero attached hydrogens (tertiary/aromatic N) is 1. The maximum absolute atomic E-state index is 11.1. The Hall–Kier alpha value is -0.130. The minimum absolute atomic E-state index is 0.117. The van der Waals surface area contributed by atoms with Crippen molar-refractivity contribution in [1.82, 2.24) is 4.90 Å². The molecule has 1 saturated carbocycles. The predicted octanol–water partition coefficient (Wildman–Crippen LogP) is 0.370. The normalized spacial score (nSPS) is 21.1. The van der Waals surface area contributed by atoms with E-state index < -0.39 is 9.84 Å². The second-order valence-electron chi connectivity index (χ2n) is 5.32. The van der Waals surface area contributed by atoms with Crippen LogP contribution in [0.2, 0.25) is 0 Å². The van der Waals surface area contributed by atoms with E-state index in [1.54, 1.807) is 0 Å². The van der Waals surface area contributed by atoms with Gasteiger partial charge in [-0.05, 0) is 31.7 Å². The van der Waals surface area contributed by atoms with E-state index >= 15 is 0 Å². The molecule has 0 aromatic heterocycles. The van der Waals surface area contributed by atoms with E-state index in [1.165, 1.54) is 6.26 Å². The Bertz CT molecular complexity index is 311. The molecule has 5 heteroatoms. The number of hydrogen-bond acceptors (Lipinski definition) is 4. The van der Waals surface area contributed by atoms with Gasteiger partial charge in [0.1, 0.15) is 9.84 Å². The first kappa shape index (κ1) is 13.9. The molecule has 1 aliphatic carbocycles. The van der Waals surface area contributed by atoms with Crippen molar-refractivity contribution in [3.8, 4) is 0 Å². The SMILES string of the molecule is CC(CN(C)CC(O)C1CC1)CS(C)(=O)=O. The molecule has 0 aromatic rings. The van der Waals surface area contributed by atoms with Crippen LogP contribution in [-0.4, -0.2) is 56.7 Å². The van der Waals surface area contributed by atoms with Gasteiger partial charge in [0, 0.05) is 19.3 Å². The molecule has 1 N–H and O–H groups in total. The van der Waals surface area contributed by atoms with Gasteiger partial charge in [0.15, 0.2) is 0 Å². The fourth-order valence-corrected chi connectivity index (χ4v) is 3.26. The Morgan fingerprint density at radius 1 is 1.38 bits per heavy atom. The van der Waals surface area contributed by atoms with Gasteiger partial charge < -0.3 is 10.0 Å². The lowest BCUT2D eigenvalue weighted by atomic mass is 10.2. The van der Waals surface area contributed by atoms with Gasteiger partial charge in [-0.1, -0.05) is 6.92 Å². The summed E-state index contributed by atoms with van der Waals surface area (Å²) in [5.74, 6) is 0.815. The lowest BCUT2D eigenvalue weighted by Crippen LogP contribution is -2.35. The molecule has 0 amide bonds. The molecule has 0 saturated heterocycles. The molecule has 0 spiro atoms. The zero-order valence-electron chi connectivity index (χ0n) is 10.4. The smallest absolute Gasteiger partial charge is 0.147 e. The van der Waals surface area contributed by atoms with E-state index in [4.69, 9.17) is 0 Å². The van der Waals surface area contributed by atoms with E-state index in [9.17, 15) is 13.5 Å². The van der Waals surface area contributed by atoms with Crippen molar-refractivity contribution in [3.05, 3.63) is 0 Å². The van der Waals surface area contributed by atoms with Crippen LogP contribution in [0.3, 0.4) is 0 Å². The average molecular weight is 249 g/mol. The summed E-state index contributed by atoms with van der Waals surface area (Å²) in [6, 6.07) is 0. The highest BCUT2D eigenvalue weighted by atomic mass is 32.2. The van der Waals surface area contributed by atoms with E-state index in [0.29, 0.717) is 12.5 Å². The van der Waals surface area contributed by atoms with Crippen molar-refractivity contribution >= 4 is 9.84 Å². The van der Waals surface area contributed by atoms with Crippen molar-refractivity contribution < 1.29 is 13.5 Å². The van der Waals surface area contributed by atoms with Crippen molar-refractivity contribution in [2.45, 2.75) is 25.9 Å². The first-order valence-electron chi connectivity index (χ1n) is 5.82. The monoisotopic (exact) mass is 249 g/mol. The first-order chi connectivity index (χ1) is 7.28. The molecular weight excluding hydrogens is 226 g/mol. The Morgan fingerprint density at radius 3 is 2.38 bits per heavy atom. The summed E-state index contributed by atoms with van der Waals surface area (Å²) in [5, 5.41) is 9.74. The maximum atomic E-state index is 11.1. The van der Waals surface area contributed by atoms with Gasteiger partial charge >= 0.3 is 0 Å². The molecule has 1 fully saturated rings. The largest absolute Gasteiger partial charge is 0.392 e. The Labute approximate surface area is 98.6 Å². The van der Waals surface area contributed by atoms with Crippen molar-refractivity contribution in [3.63, 3.8) is 0 Å². The van der Waals surface area contributed by atoms with Crippen LogP contribution in [0.5, 0.6) is 0 Å². The lowest BCUT2D eigenvalue weighted by Gasteiger charge is -2.23. The molecule has 0 bridgehead atoms. The quantitative estimate of drug-likeness (QED) is 0.708. The summed E-state index contributed by atoms with van der Waals surface area (Å²) in [4.78, 5) is 2.03. The minimum Gasteiger partial charge on any atom is -0.392 e. The average Bonchev–Trinajstić information content (AvgIpc) is 2.79. The third kappa shape index (κ3) is 5.82. The third-order valence-electron chi connectivity index (χ3n) is 2.88. The number of aliphatic hydroxyl groups excluding tert-OH is 1. The van der Waals surface area contributed by atoms with Gasteiger partial charge in [-0.2, -0.15) is 0 Å². The number of hydrogen-bond donors (Lipinski definition) is 1. The standard InChI is InChI=1S/C11H23NO3S/c1-9(8-16(3,14)15)6-12(2)7-11(13)10-4-5-10/h9-11,13H,4-8H2,1-3H3. The van der Waals surface area contributed by atoms with Crippen LogP contribution < -0.4 is 0 Å². The summed E-state index contributed by atoms with van der Waals surface area (Å²) in [6.45, 7) is 3.30. The van der Waals surface area contributed by atoms with Gasteiger partial charge in [-0.15, -0.1) is 0 Å². The van der Waals surface area contributed by atoms with Crippen LogP contribution in [0.1, 0.15) is 19.8 Å². The number of sulfone groups is 1. The summed E-state index contributed by atoms with van der Waals surface area (Å²) >= 11 is 0. The van der Waals surface area contributed by atoms with Crippen molar-refractivity contribution in [1.29, 1.82) is 0 Å². The molecule has 96 valence electrons. The molecule has 16 heavy (non-hydrogen) atoms. The van der Waals surface area contributed by atoms with Gasteiger partial charge in [-0.3, -0.25) is 0 Å². The summed E-state index contributed by atoms with van der Waals surface area (Å²) in [6.07, 6.45) is 3.29. The zero-order valence-corrected chi connectivity index (χ0v) is 11.2. The van der Waals surface area contributed by atoms with E-state index in [1.807, 2.05) is 18.9 Å². The fraction of sp³-hybridized carbons (Fsp3) is 1.00. The predicted molar refractivity (Wildman–Crippen MR) is 65.1 cm³/mol. The van der Waals surface area contributed by atoms with Crippen molar-refractivity contribution in [2.75, 3.05) is 32.1 Å². The molecule has 4 nitrogen and oxygen atoms in total. The number of aliphatic hydroxyl groups is 1. The second kappa shape index (κ2) is 5.47. The van der Waals surface area contributed by atoms with E-state index in [2.05, 4.69) is 0 Å². The molecule has 0 aromatic carbocycles. The van der Waals surface area contributed by atoms with Crippen LogP contribution in [0, 0.1) is 11.8 Å². The molecular formula is C11H23NO3S. The number of likely N-dealkylation sites (N-methyl/N-ethyl adjacent to an activating group) is 1. The Balaban J connectivity index is 2.24. The highest BCUT2D eigenvalue weighted by molar-refractivity contribution is 7.90. The lowest BCUT2D eigenvalue weighted by molar-refractivity contribution is 0.102. The molecule has 2 atom stereocenters. The topological polar surface area (TPSA) is 57.6 Å². The molecule has 0 radical (unpaired) electrons. The first-order valence-corrected chi connectivity index (χ1v) is 7.88. The van der Waals surface area contributed by atoms with Gasteiger partial charge in [0.2, 0.25) is 0 Å². The van der Waals surface area contributed by atoms with Crippen LogP contribution in [0.15, 0.2) is 0 Å². The highest BCUT2D eigenvalue weighted by Crippen LogP contribution is 2.32. The van der Waals surface area contributed by atoms with Crippen molar-refractivity contribution in [2.24, 2.45) is 11.8 Å². The second-order valence-corrected chi connectivity index (χ2v) is 7.51. The molecule has 1 rings (SSSR count). The van der Waals surface area contributed by atoms with Crippen LogP contribution in [0.4, 0.5) is 0 Å². The van der Waals surface area contributed by atoms with Gasteiger partial charge in [0.25, 0.3) is 0 Å². The molecule has 1 aliphatic rings. The fourth-order valence-electron chi connectivity index (χ4n) is 2.13. The molecule has 2 unspecified atom stereocenters. The van der Waals surface area contributed by atoms with Crippen LogP contribution in [-0.2, 0) is 9.84 Å². The minimum atomic E-state index is -2.89. The third-order valence-corrected chi connectivity index (χ3v) is 4.05. The molecule has 0 aliphatic heterocycles. The Morgan fingerprint density at radius 2 is 1.94 bits per heavy atom. The van der Waals surface area contributed by atoms with Gasteiger partial charge in [0.05, 0.1) is 11.9 Å². The Kier molecular flexibility index (Phi) is 4.76. The summed E-state index contributed by atoms with van der Waals surface area (Å²) in [7, 11) is -0.956. The van der Waals surface area contributed by atoms with Gasteiger partial charge in [-0.25, -0.2) is 8.42 Å². The maximum Gasteiger partial charge on any atom is 0.147 e. The van der Waals surface area contributed by atoms with Crippen LogP contribution >= 0.6 is 0 Å². The zero-order chi connectivity index (χ0) is 12.3. The summed E-state index contributed by atoms with van der Waals surface area (Å²) in [5.41, 5.74) is 0.